The summed E-state index contributed by atoms with van der Waals surface area (Å²) in [6, 6.07) is 3.71. The molecule has 0 spiro atoms. The second kappa shape index (κ2) is 4.18. The third kappa shape index (κ3) is 2.99. The molecule has 0 bridgehead atoms. The van der Waals surface area contributed by atoms with Gasteiger partial charge in [-0.05, 0) is 6.07 Å². The third-order valence-electron chi connectivity index (χ3n) is 1.71. The molecule has 0 amide bonds. The molecule has 4 heteroatoms. The fraction of sp³-hybridized carbons (Fsp3) is 0.556. The van der Waals surface area contributed by atoms with Gasteiger partial charge in [-0.1, -0.05) is 13.8 Å². The molecule has 1 rings (SSSR count). The van der Waals surface area contributed by atoms with E-state index in [0.717, 1.165) is 5.69 Å². The van der Waals surface area contributed by atoms with Crippen LogP contribution in [0.4, 0.5) is 0 Å². The van der Waals surface area contributed by atoms with Crippen molar-refractivity contribution in [3.8, 4) is 0 Å². The minimum Gasteiger partial charge on any atom is -0.309 e. The van der Waals surface area contributed by atoms with Crippen LogP contribution in [0.3, 0.4) is 0 Å². The second-order valence-electron chi connectivity index (χ2n) is 3.32. The van der Waals surface area contributed by atoms with E-state index in [0.29, 0.717) is 12.6 Å². The van der Waals surface area contributed by atoms with Crippen molar-refractivity contribution in [2.24, 2.45) is 7.05 Å². The van der Waals surface area contributed by atoms with Crippen molar-refractivity contribution < 1.29 is 0 Å². The van der Waals surface area contributed by atoms with E-state index in [1.807, 2.05) is 0 Å². The topological polar surface area (TPSA) is 46.9 Å². The summed E-state index contributed by atoms with van der Waals surface area (Å²) in [5.41, 5.74) is 0.809. The van der Waals surface area contributed by atoms with Gasteiger partial charge >= 0.3 is 0 Å². The number of aromatic nitrogens is 2. The van der Waals surface area contributed by atoms with Crippen LogP contribution >= 0.6 is 0 Å². The van der Waals surface area contributed by atoms with Crippen LogP contribution in [0.5, 0.6) is 0 Å². The lowest BCUT2D eigenvalue weighted by atomic mass is 10.3. The second-order valence-corrected chi connectivity index (χ2v) is 3.32. The molecular formula is C9H15N3O. The molecule has 0 atom stereocenters. The molecule has 0 aliphatic heterocycles. The average molecular weight is 181 g/mol. The Morgan fingerprint density at radius 1 is 1.54 bits per heavy atom. The van der Waals surface area contributed by atoms with Crippen molar-refractivity contribution in [3.05, 3.63) is 28.2 Å². The highest BCUT2D eigenvalue weighted by Gasteiger charge is 1.97. The molecule has 1 aromatic heterocycles. The Balaban J connectivity index is 2.69. The van der Waals surface area contributed by atoms with Gasteiger partial charge in [0.1, 0.15) is 0 Å². The Bertz CT molecular complexity index is 330. The highest BCUT2D eigenvalue weighted by Crippen LogP contribution is 1.89. The zero-order chi connectivity index (χ0) is 9.84. The first-order chi connectivity index (χ1) is 6.09. The number of hydrogen-bond acceptors (Lipinski definition) is 3. The molecule has 0 unspecified atom stereocenters. The van der Waals surface area contributed by atoms with Crippen LogP contribution in [-0.4, -0.2) is 15.8 Å². The fourth-order valence-electron chi connectivity index (χ4n) is 0.954. The third-order valence-corrected chi connectivity index (χ3v) is 1.71. The quantitative estimate of drug-likeness (QED) is 0.728. The van der Waals surface area contributed by atoms with Gasteiger partial charge in [-0.15, -0.1) is 0 Å². The van der Waals surface area contributed by atoms with Crippen molar-refractivity contribution in [2.45, 2.75) is 26.4 Å². The molecule has 0 saturated heterocycles. The Morgan fingerprint density at radius 3 is 2.77 bits per heavy atom. The van der Waals surface area contributed by atoms with Crippen LogP contribution in [0.1, 0.15) is 19.5 Å². The van der Waals surface area contributed by atoms with Gasteiger partial charge in [-0.25, -0.2) is 4.68 Å². The zero-order valence-electron chi connectivity index (χ0n) is 8.24. The van der Waals surface area contributed by atoms with Gasteiger partial charge in [-0.3, -0.25) is 4.79 Å². The van der Waals surface area contributed by atoms with E-state index >= 15 is 0 Å². The molecule has 1 aromatic rings. The minimum absolute atomic E-state index is 0.0757. The summed E-state index contributed by atoms with van der Waals surface area (Å²) >= 11 is 0. The zero-order valence-corrected chi connectivity index (χ0v) is 8.24. The number of hydrogen-bond donors (Lipinski definition) is 1. The van der Waals surface area contributed by atoms with Crippen LogP contribution in [0.15, 0.2) is 16.9 Å². The van der Waals surface area contributed by atoms with E-state index in [-0.39, 0.29) is 5.56 Å². The minimum atomic E-state index is -0.0757. The van der Waals surface area contributed by atoms with Gasteiger partial charge in [0.05, 0.1) is 5.69 Å². The maximum Gasteiger partial charge on any atom is 0.266 e. The number of nitrogens with zero attached hydrogens (tertiary/aromatic N) is 2. The lowest BCUT2D eigenvalue weighted by molar-refractivity contribution is 0.563. The lowest BCUT2D eigenvalue weighted by Gasteiger charge is -2.07. The van der Waals surface area contributed by atoms with E-state index in [2.05, 4.69) is 24.3 Å². The first-order valence-electron chi connectivity index (χ1n) is 4.36. The Labute approximate surface area is 77.6 Å². The largest absolute Gasteiger partial charge is 0.309 e. The molecule has 13 heavy (non-hydrogen) atoms. The molecule has 1 heterocycles. The summed E-state index contributed by atoms with van der Waals surface area (Å²) < 4.78 is 1.34. The van der Waals surface area contributed by atoms with E-state index in [1.165, 1.54) is 10.7 Å². The van der Waals surface area contributed by atoms with Crippen LogP contribution in [0.25, 0.3) is 0 Å². The number of aryl methyl sites for hydroxylation is 1. The van der Waals surface area contributed by atoms with Gasteiger partial charge in [0.25, 0.3) is 5.56 Å². The maximum atomic E-state index is 11.0. The number of rotatable bonds is 3. The Hall–Kier alpha value is -1.16. The molecule has 4 nitrogen and oxygen atoms in total. The highest BCUT2D eigenvalue weighted by molar-refractivity contribution is 4.99. The van der Waals surface area contributed by atoms with Crippen molar-refractivity contribution in [2.75, 3.05) is 0 Å². The van der Waals surface area contributed by atoms with Crippen LogP contribution in [-0.2, 0) is 13.6 Å². The first kappa shape index (κ1) is 9.92. The van der Waals surface area contributed by atoms with Gasteiger partial charge < -0.3 is 5.32 Å². The van der Waals surface area contributed by atoms with Gasteiger partial charge in [0, 0.05) is 25.7 Å². The van der Waals surface area contributed by atoms with Gasteiger partial charge in [0.2, 0.25) is 0 Å². The van der Waals surface area contributed by atoms with Crippen LogP contribution in [0, 0.1) is 0 Å². The van der Waals surface area contributed by atoms with Gasteiger partial charge in [-0.2, -0.15) is 5.10 Å². The van der Waals surface area contributed by atoms with E-state index in [9.17, 15) is 4.79 Å². The fourth-order valence-corrected chi connectivity index (χ4v) is 0.954. The monoisotopic (exact) mass is 181 g/mol. The molecule has 0 aliphatic carbocycles. The summed E-state index contributed by atoms with van der Waals surface area (Å²) in [5.74, 6) is 0. The molecular weight excluding hydrogens is 166 g/mol. The molecule has 0 saturated carbocycles. The standard InChI is InChI=1S/C9H15N3O/c1-7(2)10-6-8-4-5-9(13)12(3)11-8/h4-5,7,10H,6H2,1-3H3. The van der Waals surface area contributed by atoms with Crippen molar-refractivity contribution in [3.63, 3.8) is 0 Å². The summed E-state index contributed by atoms with van der Waals surface area (Å²) in [6.45, 7) is 4.84. The Morgan fingerprint density at radius 2 is 2.23 bits per heavy atom. The first-order valence-corrected chi connectivity index (χ1v) is 4.36. The maximum absolute atomic E-state index is 11.0. The average Bonchev–Trinajstić information content (AvgIpc) is 2.07. The predicted molar refractivity (Wildman–Crippen MR) is 51.5 cm³/mol. The van der Waals surface area contributed by atoms with Gasteiger partial charge in [0.15, 0.2) is 0 Å². The molecule has 0 aromatic carbocycles. The predicted octanol–water partition coefficient (Wildman–Crippen LogP) is 0.278. The summed E-state index contributed by atoms with van der Waals surface area (Å²) in [4.78, 5) is 11.0. The molecule has 0 radical (unpaired) electrons. The molecule has 0 aliphatic rings. The highest BCUT2D eigenvalue weighted by atomic mass is 16.1. The van der Waals surface area contributed by atoms with E-state index in [1.54, 1.807) is 13.1 Å². The van der Waals surface area contributed by atoms with Crippen molar-refractivity contribution in [1.82, 2.24) is 15.1 Å². The number of nitrogens with one attached hydrogen (secondary N) is 1. The lowest BCUT2D eigenvalue weighted by Crippen LogP contribution is -2.25. The normalized spacial score (nSPS) is 10.8. The molecule has 0 fully saturated rings. The molecule has 1 N–H and O–H groups in total. The van der Waals surface area contributed by atoms with E-state index in [4.69, 9.17) is 0 Å². The van der Waals surface area contributed by atoms with Crippen molar-refractivity contribution >= 4 is 0 Å². The van der Waals surface area contributed by atoms with Crippen LogP contribution < -0.4 is 10.9 Å². The van der Waals surface area contributed by atoms with E-state index < -0.39 is 0 Å². The summed E-state index contributed by atoms with van der Waals surface area (Å²) in [5, 5.41) is 7.32. The molecule has 72 valence electrons. The summed E-state index contributed by atoms with van der Waals surface area (Å²) in [6.07, 6.45) is 0. The van der Waals surface area contributed by atoms with Crippen LogP contribution in [0.2, 0.25) is 0 Å². The summed E-state index contributed by atoms with van der Waals surface area (Å²) in [7, 11) is 1.65. The van der Waals surface area contributed by atoms with Crippen molar-refractivity contribution in [1.29, 1.82) is 0 Å². The smallest absolute Gasteiger partial charge is 0.266 e. The Kier molecular flexibility index (Phi) is 3.19. The SMILES string of the molecule is CC(C)NCc1ccc(=O)n(C)n1.